The summed E-state index contributed by atoms with van der Waals surface area (Å²) >= 11 is 0. The fourth-order valence-electron chi connectivity index (χ4n) is 2.39. The molecule has 3 atom stereocenters. The lowest BCUT2D eigenvalue weighted by atomic mass is 9.99. The molecule has 0 aromatic carbocycles. The average molecular weight is 178 g/mol. The topological polar surface area (TPSA) is 21.3 Å². The van der Waals surface area contributed by atoms with Crippen LogP contribution in [0.5, 0.6) is 0 Å². The third kappa shape index (κ3) is 1.53. The Kier molecular flexibility index (Phi) is 3.16. The molecule has 1 heterocycles. The molecule has 0 spiro atoms. The van der Waals surface area contributed by atoms with Crippen molar-refractivity contribution >= 4 is 12.4 Å². The van der Waals surface area contributed by atoms with E-state index in [2.05, 4.69) is 5.32 Å². The molecular formula is C8H16ClNO. The van der Waals surface area contributed by atoms with Crippen molar-refractivity contribution < 1.29 is 4.74 Å². The Balaban J connectivity index is 0.000000605. The molecule has 2 rings (SSSR count). The van der Waals surface area contributed by atoms with E-state index in [1.54, 1.807) is 0 Å². The normalized spacial score (nSPS) is 41.7. The molecule has 0 amide bonds. The van der Waals surface area contributed by atoms with Crippen LogP contribution in [0.3, 0.4) is 0 Å². The fraction of sp³-hybridized carbons (Fsp3) is 1.00. The van der Waals surface area contributed by atoms with Crippen LogP contribution in [0.2, 0.25) is 0 Å². The van der Waals surface area contributed by atoms with Crippen molar-refractivity contribution in [3.05, 3.63) is 0 Å². The molecule has 1 saturated carbocycles. The third-order valence-corrected chi connectivity index (χ3v) is 2.99. The molecule has 1 aliphatic carbocycles. The SMILES string of the molecule is COC1CCC2CNCC21.Cl. The minimum absolute atomic E-state index is 0. The van der Waals surface area contributed by atoms with Gasteiger partial charge in [0.05, 0.1) is 6.10 Å². The summed E-state index contributed by atoms with van der Waals surface area (Å²) in [4.78, 5) is 0. The second-order valence-electron chi connectivity index (χ2n) is 3.43. The molecule has 0 aromatic heterocycles. The molecule has 0 bridgehead atoms. The Labute approximate surface area is 74.1 Å². The Morgan fingerprint density at radius 1 is 1.27 bits per heavy atom. The molecule has 11 heavy (non-hydrogen) atoms. The zero-order valence-corrected chi connectivity index (χ0v) is 7.69. The van der Waals surface area contributed by atoms with Crippen LogP contribution in [0.15, 0.2) is 0 Å². The van der Waals surface area contributed by atoms with Crippen molar-refractivity contribution in [2.24, 2.45) is 11.8 Å². The first kappa shape index (κ1) is 9.30. The quantitative estimate of drug-likeness (QED) is 0.647. The maximum absolute atomic E-state index is 5.39. The van der Waals surface area contributed by atoms with E-state index in [0.29, 0.717) is 6.10 Å². The molecule has 0 aromatic rings. The van der Waals surface area contributed by atoms with Gasteiger partial charge >= 0.3 is 0 Å². The van der Waals surface area contributed by atoms with Crippen LogP contribution < -0.4 is 5.32 Å². The standard InChI is InChI=1S/C8H15NO.ClH/c1-10-8-3-2-6-4-9-5-7(6)8;/h6-9H,2-5H2,1H3;1H. The number of rotatable bonds is 1. The molecule has 0 radical (unpaired) electrons. The predicted octanol–water partition coefficient (Wildman–Crippen LogP) is 1.05. The number of hydrogen-bond acceptors (Lipinski definition) is 2. The van der Waals surface area contributed by atoms with Crippen LogP contribution in [0.1, 0.15) is 12.8 Å². The van der Waals surface area contributed by atoms with Crippen molar-refractivity contribution in [1.82, 2.24) is 5.32 Å². The smallest absolute Gasteiger partial charge is 0.0614 e. The number of ether oxygens (including phenoxy) is 1. The van der Waals surface area contributed by atoms with Gasteiger partial charge in [0.2, 0.25) is 0 Å². The summed E-state index contributed by atoms with van der Waals surface area (Å²) in [6, 6.07) is 0. The third-order valence-electron chi connectivity index (χ3n) is 2.99. The molecule has 1 N–H and O–H groups in total. The van der Waals surface area contributed by atoms with E-state index in [0.717, 1.165) is 11.8 Å². The first-order valence-corrected chi connectivity index (χ1v) is 4.15. The van der Waals surface area contributed by atoms with Gasteiger partial charge in [0.1, 0.15) is 0 Å². The number of nitrogens with one attached hydrogen (secondary N) is 1. The van der Waals surface area contributed by atoms with Gasteiger partial charge in [-0.05, 0) is 25.3 Å². The number of hydrogen-bond donors (Lipinski definition) is 1. The maximum Gasteiger partial charge on any atom is 0.0614 e. The van der Waals surface area contributed by atoms with E-state index in [-0.39, 0.29) is 12.4 Å². The first-order valence-electron chi connectivity index (χ1n) is 4.15. The van der Waals surface area contributed by atoms with Gasteiger partial charge in [0.15, 0.2) is 0 Å². The Hall–Kier alpha value is 0.210. The van der Waals surface area contributed by atoms with Gasteiger partial charge in [-0.15, -0.1) is 12.4 Å². The molecule has 1 saturated heterocycles. The molecule has 2 aliphatic rings. The van der Waals surface area contributed by atoms with E-state index in [1.807, 2.05) is 7.11 Å². The molecular weight excluding hydrogens is 162 g/mol. The molecule has 3 heteroatoms. The predicted molar refractivity (Wildman–Crippen MR) is 47.1 cm³/mol. The monoisotopic (exact) mass is 177 g/mol. The van der Waals surface area contributed by atoms with Gasteiger partial charge in [-0.1, -0.05) is 0 Å². The number of fused-ring (bicyclic) bond motifs is 1. The first-order chi connectivity index (χ1) is 4.92. The van der Waals surface area contributed by atoms with Crippen LogP contribution in [0, 0.1) is 11.8 Å². The minimum atomic E-state index is 0. The summed E-state index contributed by atoms with van der Waals surface area (Å²) in [6.45, 7) is 2.41. The van der Waals surface area contributed by atoms with Crippen molar-refractivity contribution in [1.29, 1.82) is 0 Å². The van der Waals surface area contributed by atoms with Crippen LogP contribution in [-0.2, 0) is 4.74 Å². The Bertz CT molecular complexity index is 131. The van der Waals surface area contributed by atoms with Crippen molar-refractivity contribution in [3.8, 4) is 0 Å². The van der Waals surface area contributed by atoms with Gasteiger partial charge in [-0.3, -0.25) is 0 Å². The van der Waals surface area contributed by atoms with E-state index in [4.69, 9.17) is 4.74 Å². The average Bonchev–Trinajstić information content (AvgIpc) is 2.44. The van der Waals surface area contributed by atoms with Crippen molar-refractivity contribution in [3.63, 3.8) is 0 Å². The summed E-state index contributed by atoms with van der Waals surface area (Å²) in [5.41, 5.74) is 0. The Morgan fingerprint density at radius 2 is 2.09 bits per heavy atom. The van der Waals surface area contributed by atoms with Gasteiger partial charge in [0, 0.05) is 19.6 Å². The van der Waals surface area contributed by atoms with Crippen molar-refractivity contribution in [2.45, 2.75) is 18.9 Å². The van der Waals surface area contributed by atoms with Gasteiger partial charge in [-0.2, -0.15) is 0 Å². The summed E-state index contributed by atoms with van der Waals surface area (Å²) in [5.74, 6) is 1.75. The van der Waals surface area contributed by atoms with E-state index in [9.17, 15) is 0 Å². The van der Waals surface area contributed by atoms with E-state index >= 15 is 0 Å². The van der Waals surface area contributed by atoms with Crippen LogP contribution in [0.25, 0.3) is 0 Å². The van der Waals surface area contributed by atoms with Crippen molar-refractivity contribution in [2.75, 3.05) is 20.2 Å². The minimum Gasteiger partial charge on any atom is -0.381 e. The van der Waals surface area contributed by atoms with Gasteiger partial charge in [-0.25, -0.2) is 0 Å². The molecule has 2 nitrogen and oxygen atoms in total. The highest BCUT2D eigenvalue weighted by atomic mass is 35.5. The highest BCUT2D eigenvalue weighted by Crippen LogP contribution is 2.35. The second kappa shape index (κ2) is 3.74. The van der Waals surface area contributed by atoms with Gasteiger partial charge in [0.25, 0.3) is 0 Å². The summed E-state index contributed by atoms with van der Waals surface area (Å²) in [5, 5.41) is 3.41. The lowest BCUT2D eigenvalue weighted by Crippen LogP contribution is -2.21. The van der Waals surface area contributed by atoms with Crippen LogP contribution >= 0.6 is 12.4 Å². The van der Waals surface area contributed by atoms with E-state index < -0.39 is 0 Å². The molecule has 2 fully saturated rings. The lowest BCUT2D eigenvalue weighted by molar-refractivity contribution is 0.0715. The summed E-state index contributed by atoms with van der Waals surface area (Å²) < 4.78 is 5.39. The molecule has 1 aliphatic heterocycles. The Morgan fingerprint density at radius 3 is 2.82 bits per heavy atom. The zero-order valence-electron chi connectivity index (χ0n) is 6.88. The summed E-state index contributed by atoms with van der Waals surface area (Å²) in [6.07, 6.45) is 3.21. The summed E-state index contributed by atoms with van der Waals surface area (Å²) in [7, 11) is 1.84. The highest BCUT2D eigenvalue weighted by Gasteiger charge is 2.38. The zero-order chi connectivity index (χ0) is 6.97. The lowest BCUT2D eigenvalue weighted by Gasteiger charge is -2.14. The molecule has 3 unspecified atom stereocenters. The van der Waals surface area contributed by atoms with Crippen LogP contribution in [0.4, 0.5) is 0 Å². The van der Waals surface area contributed by atoms with Crippen LogP contribution in [-0.4, -0.2) is 26.3 Å². The number of methoxy groups -OCH3 is 1. The van der Waals surface area contributed by atoms with Gasteiger partial charge < -0.3 is 10.1 Å². The largest absolute Gasteiger partial charge is 0.381 e. The fourth-order valence-corrected chi connectivity index (χ4v) is 2.39. The molecule has 66 valence electrons. The highest BCUT2D eigenvalue weighted by molar-refractivity contribution is 5.85. The maximum atomic E-state index is 5.39. The van der Waals surface area contributed by atoms with E-state index in [1.165, 1.54) is 25.9 Å². The second-order valence-corrected chi connectivity index (χ2v) is 3.43. The number of halogens is 1.